The molecule has 0 unspecified atom stereocenters. The Labute approximate surface area is 43.2 Å². The third kappa shape index (κ3) is 5.63. The molecule has 0 spiro atoms. The zero-order valence-corrected chi connectivity index (χ0v) is 4.50. The molecule has 0 aliphatic rings. The molecule has 0 saturated carbocycles. The zero-order chi connectivity index (χ0) is 5.70. The topological polar surface area (TPSA) is 12.0 Å². The van der Waals surface area contributed by atoms with Crippen LogP contribution in [0.25, 0.3) is 0 Å². The van der Waals surface area contributed by atoms with Crippen molar-refractivity contribution in [1.82, 2.24) is 5.32 Å². The van der Waals surface area contributed by atoms with Crippen molar-refractivity contribution in [3.05, 3.63) is 12.4 Å². The Morgan fingerprint density at radius 2 is 2.43 bits per heavy atom. The second kappa shape index (κ2) is 3.81. The predicted molar refractivity (Wildman–Crippen MR) is 28.8 cm³/mol. The Hall–Kier alpha value is -0.370. The van der Waals surface area contributed by atoms with Crippen molar-refractivity contribution in [2.75, 3.05) is 13.1 Å². The van der Waals surface area contributed by atoms with Crippen molar-refractivity contribution in [2.24, 2.45) is 0 Å². The van der Waals surface area contributed by atoms with Crippen molar-refractivity contribution < 1.29 is 4.39 Å². The maximum absolute atomic E-state index is 11.6. The van der Waals surface area contributed by atoms with Crippen LogP contribution in [0.5, 0.6) is 0 Å². The molecule has 0 amide bonds. The van der Waals surface area contributed by atoms with Gasteiger partial charge in [0.1, 0.15) is 5.83 Å². The van der Waals surface area contributed by atoms with Crippen molar-refractivity contribution in [2.45, 2.75) is 6.92 Å². The minimum absolute atomic E-state index is 0.288. The van der Waals surface area contributed by atoms with Gasteiger partial charge < -0.3 is 5.32 Å². The van der Waals surface area contributed by atoms with Crippen molar-refractivity contribution in [3.63, 3.8) is 0 Å². The average Bonchev–Trinajstić information content (AvgIpc) is 1.61. The van der Waals surface area contributed by atoms with Crippen LogP contribution in [0.3, 0.4) is 0 Å². The van der Waals surface area contributed by atoms with E-state index in [0.29, 0.717) is 0 Å². The lowest BCUT2D eigenvalue weighted by atomic mass is 10.6. The van der Waals surface area contributed by atoms with Gasteiger partial charge in [-0.05, 0) is 6.54 Å². The van der Waals surface area contributed by atoms with Crippen LogP contribution in [0, 0.1) is 0 Å². The standard InChI is InChI=1S/C5H10FN/c1-3-7-4-5(2)6/h7H,2-4H2,1H3. The molecule has 0 radical (unpaired) electrons. The van der Waals surface area contributed by atoms with Gasteiger partial charge in [-0.3, -0.25) is 0 Å². The van der Waals surface area contributed by atoms with Crippen molar-refractivity contribution in [1.29, 1.82) is 0 Å². The van der Waals surface area contributed by atoms with Crippen LogP contribution in [0.4, 0.5) is 4.39 Å². The fourth-order valence-corrected chi connectivity index (χ4v) is 0.261. The van der Waals surface area contributed by atoms with Crippen molar-refractivity contribution >= 4 is 0 Å². The second-order valence-corrected chi connectivity index (χ2v) is 1.30. The third-order valence-electron chi connectivity index (χ3n) is 0.567. The molecule has 0 heterocycles. The first-order chi connectivity index (χ1) is 3.27. The number of hydrogen-bond acceptors (Lipinski definition) is 1. The van der Waals surface area contributed by atoms with Crippen LogP contribution in [0.2, 0.25) is 0 Å². The van der Waals surface area contributed by atoms with E-state index in [1.807, 2.05) is 6.92 Å². The van der Waals surface area contributed by atoms with E-state index in [0.717, 1.165) is 6.54 Å². The maximum atomic E-state index is 11.6. The average molecular weight is 103 g/mol. The third-order valence-corrected chi connectivity index (χ3v) is 0.567. The fraction of sp³-hybridized carbons (Fsp3) is 0.600. The molecule has 2 heteroatoms. The number of halogens is 1. The molecule has 0 rings (SSSR count). The molecule has 0 bridgehead atoms. The molecule has 42 valence electrons. The van der Waals surface area contributed by atoms with Gasteiger partial charge in [0.25, 0.3) is 0 Å². The fourth-order valence-electron chi connectivity index (χ4n) is 0.261. The van der Waals surface area contributed by atoms with Gasteiger partial charge in [0, 0.05) is 6.54 Å². The molecule has 0 aliphatic carbocycles. The summed E-state index contributed by atoms with van der Waals surface area (Å²) in [6.07, 6.45) is 0. The largest absolute Gasteiger partial charge is 0.311 e. The van der Waals surface area contributed by atoms with Gasteiger partial charge in [-0.25, -0.2) is 4.39 Å². The van der Waals surface area contributed by atoms with E-state index in [-0.39, 0.29) is 12.4 Å². The lowest BCUT2D eigenvalue weighted by Crippen LogP contribution is -2.13. The summed E-state index contributed by atoms with van der Waals surface area (Å²) in [5.74, 6) is -0.304. The SMILES string of the molecule is C=C(F)CNCC. The van der Waals surface area contributed by atoms with E-state index in [1.165, 1.54) is 0 Å². The summed E-state index contributed by atoms with van der Waals surface area (Å²) in [5, 5.41) is 2.77. The van der Waals surface area contributed by atoms with E-state index in [2.05, 4.69) is 11.9 Å². The number of nitrogens with one attached hydrogen (secondary N) is 1. The molecule has 0 aromatic heterocycles. The molecule has 0 aromatic carbocycles. The molecule has 0 aromatic rings. The molecule has 0 saturated heterocycles. The van der Waals surface area contributed by atoms with E-state index in [1.54, 1.807) is 0 Å². The molecular formula is C5H10FN. The van der Waals surface area contributed by atoms with E-state index in [4.69, 9.17) is 0 Å². The smallest absolute Gasteiger partial charge is 0.107 e. The van der Waals surface area contributed by atoms with Gasteiger partial charge in [0.2, 0.25) is 0 Å². The lowest BCUT2D eigenvalue weighted by molar-refractivity contribution is 0.582. The second-order valence-electron chi connectivity index (χ2n) is 1.30. The molecular weight excluding hydrogens is 93.1 g/mol. The van der Waals surface area contributed by atoms with Gasteiger partial charge in [0.15, 0.2) is 0 Å². The molecule has 1 nitrogen and oxygen atoms in total. The molecule has 0 fully saturated rings. The maximum Gasteiger partial charge on any atom is 0.107 e. The summed E-state index contributed by atoms with van der Waals surface area (Å²) >= 11 is 0. The Balaban J connectivity index is 2.82. The Morgan fingerprint density at radius 1 is 1.86 bits per heavy atom. The number of likely N-dealkylation sites (N-methyl/N-ethyl adjacent to an activating group) is 1. The number of hydrogen-bond donors (Lipinski definition) is 1. The minimum Gasteiger partial charge on any atom is -0.311 e. The van der Waals surface area contributed by atoms with Crippen LogP contribution in [-0.2, 0) is 0 Å². The summed E-state index contributed by atoms with van der Waals surface area (Å²) < 4.78 is 11.6. The summed E-state index contributed by atoms with van der Waals surface area (Å²) in [4.78, 5) is 0. The highest BCUT2D eigenvalue weighted by Gasteiger charge is 1.83. The summed E-state index contributed by atoms with van der Waals surface area (Å²) in [7, 11) is 0. The van der Waals surface area contributed by atoms with Gasteiger partial charge in [-0.2, -0.15) is 0 Å². The van der Waals surface area contributed by atoms with Crippen LogP contribution in [0.15, 0.2) is 12.4 Å². The molecule has 1 N–H and O–H groups in total. The molecule has 7 heavy (non-hydrogen) atoms. The zero-order valence-electron chi connectivity index (χ0n) is 4.50. The number of rotatable bonds is 3. The molecule has 0 atom stereocenters. The monoisotopic (exact) mass is 103 g/mol. The van der Waals surface area contributed by atoms with Crippen LogP contribution in [0.1, 0.15) is 6.92 Å². The van der Waals surface area contributed by atoms with E-state index >= 15 is 0 Å². The Morgan fingerprint density at radius 3 is 2.57 bits per heavy atom. The lowest BCUT2D eigenvalue weighted by Gasteiger charge is -1.92. The summed E-state index contributed by atoms with van der Waals surface area (Å²) in [6, 6.07) is 0. The summed E-state index contributed by atoms with van der Waals surface area (Å²) in [5.41, 5.74) is 0. The van der Waals surface area contributed by atoms with Crippen LogP contribution < -0.4 is 5.32 Å². The first-order valence-electron chi connectivity index (χ1n) is 2.31. The van der Waals surface area contributed by atoms with Crippen molar-refractivity contribution in [3.8, 4) is 0 Å². The van der Waals surface area contributed by atoms with Gasteiger partial charge >= 0.3 is 0 Å². The highest BCUT2D eigenvalue weighted by atomic mass is 19.1. The molecule has 0 aliphatic heterocycles. The highest BCUT2D eigenvalue weighted by molar-refractivity contribution is 4.81. The first-order valence-corrected chi connectivity index (χ1v) is 2.31. The predicted octanol–water partition coefficient (Wildman–Crippen LogP) is 1.08. The van der Waals surface area contributed by atoms with Gasteiger partial charge in [-0.1, -0.05) is 13.5 Å². The van der Waals surface area contributed by atoms with Crippen LogP contribution in [-0.4, -0.2) is 13.1 Å². The van der Waals surface area contributed by atoms with E-state index < -0.39 is 0 Å². The quantitative estimate of drug-likeness (QED) is 0.563. The normalized spacial score (nSPS) is 8.86. The van der Waals surface area contributed by atoms with Crippen LogP contribution >= 0.6 is 0 Å². The van der Waals surface area contributed by atoms with Gasteiger partial charge in [0.05, 0.1) is 0 Å². The Kier molecular flexibility index (Phi) is 3.61. The first kappa shape index (κ1) is 6.63. The Bertz CT molecular complexity index is 61.1. The van der Waals surface area contributed by atoms with E-state index in [9.17, 15) is 4.39 Å². The summed E-state index contributed by atoms with van der Waals surface area (Å²) in [6.45, 7) is 6.07. The highest BCUT2D eigenvalue weighted by Crippen LogP contribution is 1.83. The minimum atomic E-state index is -0.304. The van der Waals surface area contributed by atoms with Gasteiger partial charge in [-0.15, -0.1) is 0 Å².